The Balaban J connectivity index is 2.31. The Morgan fingerprint density at radius 1 is 1.50 bits per heavy atom. The number of hydrogen-bond donors (Lipinski definition) is 1. The van der Waals surface area contributed by atoms with Crippen LogP contribution in [0.1, 0.15) is 31.4 Å². The second kappa shape index (κ2) is 6.34. The Hall–Kier alpha value is -0.870. The monoisotopic (exact) mass is 313 g/mol. The topological polar surface area (TPSA) is 21.3 Å². The van der Waals surface area contributed by atoms with Crippen molar-refractivity contribution in [2.45, 2.75) is 25.8 Å². The van der Waals surface area contributed by atoms with Gasteiger partial charge < -0.3 is 10.1 Å². The van der Waals surface area contributed by atoms with Crippen molar-refractivity contribution in [1.82, 2.24) is 5.32 Å². The summed E-state index contributed by atoms with van der Waals surface area (Å²) >= 11 is 3.27. The molecule has 0 amide bonds. The molecular weight excluding hydrogens is 297 g/mol. The quantitative estimate of drug-likeness (QED) is 0.909. The second-order valence-corrected chi connectivity index (χ2v) is 5.17. The highest BCUT2D eigenvalue weighted by atomic mass is 79.9. The SMILES string of the molecule is CCNC(C1=CCCCO1)c1ccc(Br)cc1F. The molecule has 1 aromatic carbocycles. The molecule has 0 spiro atoms. The normalized spacial score (nSPS) is 16.9. The number of allylic oxidation sites excluding steroid dienone is 1. The fraction of sp³-hybridized carbons (Fsp3) is 0.429. The lowest BCUT2D eigenvalue weighted by molar-refractivity contribution is 0.167. The molecule has 0 bridgehead atoms. The molecule has 0 fully saturated rings. The van der Waals surface area contributed by atoms with E-state index in [1.165, 1.54) is 6.07 Å². The molecule has 18 heavy (non-hydrogen) atoms. The summed E-state index contributed by atoms with van der Waals surface area (Å²) < 4.78 is 20.4. The van der Waals surface area contributed by atoms with Crippen molar-refractivity contribution < 1.29 is 9.13 Å². The highest BCUT2D eigenvalue weighted by molar-refractivity contribution is 9.10. The zero-order valence-electron chi connectivity index (χ0n) is 10.4. The van der Waals surface area contributed by atoms with E-state index in [1.54, 1.807) is 6.07 Å². The van der Waals surface area contributed by atoms with Gasteiger partial charge >= 0.3 is 0 Å². The minimum Gasteiger partial charge on any atom is -0.496 e. The summed E-state index contributed by atoms with van der Waals surface area (Å²) in [6.45, 7) is 3.49. The van der Waals surface area contributed by atoms with E-state index in [1.807, 2.05) is 13.0 Å². The lowest BCUT2D eigenvalue weighted by Gasteiger charge is -2.25. The minimum absolute atomic E-state index is 0.191. The van der Waals surface area contributed by atoms with Gasteiger partial charge in [-0.3, -0.25) is 0 Å². The number of benzene rings is 1. The Morgan fingerprint density at radius 2 is 2.33 bits per heavy atom. The molecule has 2 rings (SSSR count). The van der Waals surface area contributed by atoms with Gasteiger partial charge in [-0.2, -0.15) is 0 Å². The molecule has 98 valence electrons. The Labute approximate surface area is 115 Å². The lowest BCUT2D eigenvalue weighted by atomic mass is 10.0. The van der Waals surface area contributed by atoms with E-state index in [9.17, 15) is 4.39 Å². The molecule has 1 heterocycles. The van der Waals surface area contributed by atoms with Crippen molar-refractivity contribution in [3.8, 4) is 0 Å². The van der Waals surface area contributed by atoms with Gasteiger partial charge in [0.05, 0.1) is 12.6 Å². The molecule has 0 aromatic heterocycles. The number of ether oxygens (including phenoxy) is 1. The van der Waals surface area contributed by atoms with Crippen LogP contribution in [0.3, 0.4) is 0 Å². The summed E-state index contributed by atoms with van der Waals surface area (Å²) in [6.07, 6.45) is 4.08. The first-order valence-electron chi connectivity index (χ1n) is 6.23. The molecule has 0 radical (unpaired) electrons. The van der Waals surface area contributed by atoms with Gasteiger partial charge in [0.15, 0.2) is 0 Å². The third-order valence-electron chi connectivity index (χ3n) is 2.93. The number of likely N-dealkylation sites (N-methyl/N-ethyl adjacent to an activating group) is 1. The fourth-order valence-corrected chi connectivity index (χ4v) is 2.41. The van der Waals surface area contributed by atoms with E-state index >= 15 is 0 Å². The number of halogens is 2. The molecule has 0 saturated carbocycles. The average molecular weight is 314 g/mol. The van der Waals surface area contributed by atoms with Crippen LogP contribution in [-0.4, -0.2) is 13.2 Å². The van der Waals surface area contributed by atoms with E-state index in [2.05, 4.69) is 27.3 Å². The van der Waals surface area contributed by atoms with Gasteiger partial charge in [0.2, 0.25) is 0 Å². The van der Waals surface area contributed by atoms with Gasteiger partial charge in [-0.25, -0.2) is 4.39 Å². The Morgan fingerprint density at radius 3 is 2.94 bits per heavy atom. The largest absolute Gasteiger partial charge is 0.496 e. The van der Waals surface area contributed by atoms with E-state index in [0.717, 1.165) is 29.6 Å². The molecule has 0 aliphatic carbocycles. The standard InChI is InChI=1S/C14H17BrFNO/c1-2-17-14(13-5-3-4-8-18-13)11-7-6-10(15)9-12(11)16/h5-7,9,14,17H,2-4,8H2,1H3. The first-order chi connectivity index (χ1) is 8.72. The Kier molecular flexibility index (Phi) is 4.78. The molecule has 1 unspecified atom stereocenters. The van der Waals surface area contributed by atoms with Crippen LogP contribution in [0, 0.1) is 5.82 Å². The van der Waals surface area contributed by atoms with E-state index in [0.29, 0.717) is 12.2 Å². The molecule has 1 aliphatic heterocycles. The summed E-state index contributed by atoms with van der Waals surface area (Å²) in [5.41, 5.74) is 0.633. The van der Waals surface area contributed by atoms with Gasteiger partial charge in [-0.05, 0) is 37.6 Å². The average Bonchev–Trinajstić information content (AvgIpc) is 2.38. The zero-order valence-corrected chi connectivity index (χ0v) is 12.0. The van der Waals surface area contributed by atoms with Crippen molar-refractivity contribution >= 4 is 15.9 Å². The molecule has 1 N–H and O–H groups in total. The summed E-state index contributed by atoms with van der Waals surface area (Å²) in [7, 11) is 0. The molecular formula is C14H17BrFNO. The van der Waals surface area contributed by atoms with Gasteiger partial charge in [0, 0.05) is 10.0 Å². The lowest BCUT2D eigenvalue weighted by Crippen LogP contribution is -2.26. The first kappa shape index (κ1) is 13.6. The van der Waals surface area contributed by atoms with Crippen molar-refractivity contribution in [1.29, 1.82) is 0 Å². The summed E-state index contributed by atoms with van der Waals surface area (Å²) in [4.78, 5) is 0. The minimum atomic E-state index is -0.217. The third-order valence-corrected chi connectivity index (χ3v) is 3.42. The van der Waals surface area contributed by atoms with Crippen molar-refractivity contribution in [2.75, 3.05) is 13.2 Å². The molecule has 4 heteroatoms. The number of nitrogens with one attached hydrogen (secondary N) is 1. The first-order valence-corrected chi connectivity index (χ1v) is 7.03. The Bertz CT molecular complexity index is 447. The van der Waals surface area contributed by atoms with Crippen LogP contribution in [0.15, 0.2) is 34.5 Å². The number of hydrogen-bond acceptors (Lipinski definition) is 2. The second-order valence-electron chi connectivity index (χ2n) is 4.25. The molecule has 1 atom stereocenters. The smallest absolute Gasteiger partial charge is 0.129 e. The maximum absolute atomic E-state index is 14.0. The van der Waals surface area contributed by atoms with Crippen LogP contribution in [0.2, 0.25) is 0 Å². The van der Waals surface area contributed by atoms with Crippen LogP contribution in [0.5, 0.6) is 0 Å². The maximum atomic E-state index is 14.0. The maximum Gasteiger partial charge on any atom is 0.129 e. The zero-order chi connectivity index (χ0) is 13.0. The third kappa shape index (κ3) is 3.12. The van der Waals surface area contributed by atoms with Gasteiger partial charge in [-0.1, -0.05) is 28.9 Å². The molecule has 2 nitrogen and oxygen atoms in total. The van der Waals surface area contributed by atoms with Gasteiger partial charge in [0.1, 0.15) is 11.6 Å². The van der Waals surface area contributed by atoms with E-state index < -0.39 is 0 Å². The van der Waals surface area contributed by atoms with Crippen molar-refractivity contribution in [3.63, 3.8) is 0 Å². The van der Waals surface area contributed by atoms with Crippen LogP contribution >= 0.6 is 15.9 Å². The predicted octanol–water partition coefficient (Wildman–Crippen LogP) is 3.93. The van der Waals surface area contributed by atoms with Crippen molar-refractivity contribution in [3.05, 3.63) is 45.9 Å². The number of rotatable bonds is 4. The molecule has 1 aromatic rings. The van der Waals surface area contributed by atoms with E-state index in [-0.39, 0.29) is 11.9 Å². The van der Waals surface area contributed by atoms with Crippen molar-refractivity contribution in [2.24, 2.45) is 0 Å². The van der Waals surface area contributed by atoms with Crippen LogP contribution < -0.4 is 5.32 Å². The highest BCUT2D eigenvalue weighted by Gasteiger charge is 2.22. The highest BCUT2D eigenvalue weighted by Crippen LogP contribution is 2.29. The van der Waals surface area contributed by atoms with Crippen LogP contribution in [0.25, 0.3) is 0 Å². The summed E-state index contributed by atoms with van der Waals surface area (Å²) in [5.74, 6) is 0.620. The van der Waals surface area contributed by atoms with Crippen LogP contribution in [-0.2, 0) is 4.74 Å². The fourth-order valence-electron chi connectivity index (χ4n) is 2.08. The van der Waals surface area contributed by atoms with E-state index in [4.69, 9.17) is 4.74 Å². The molecule has 1 aliphatic rings. The van der Waals surface area contributed by atoms with Gasteiger partial charge in [-0.15, -0.1) is 0 Å². The summed E-state index contributed by atoms with van der Waals surface area (Å²) in [6, 6.07) is 4.95. The molecule has 0 saturated heterocycles. The van der Waals surface area contributed by atoms with Gasteiger partial charge in [0.25, 0.3) is 0 Å². The summed E-state index contributed by atoms with van der Waals surface area (Å²) in [5, 5.41) is 3.28. The predicted molar refractivity (Wildman–Crippen MR) is 73.8 cm³/mol. The van der Waals surface area contributed by atoms with Crippen LogP contribution in [0.4, 0.5) is 4.39 Å².